The van der Waals surface area contributed by atoms with E-state index in [1.54, 1.807) is 0 Å². The molecule has 0 saturated carbocycles. The Morgan fingerprint density at radius 3 is 2.40 bits per heavy atom. The molecule has 4 nitrogen and oxygen atoms in total. The maximum absolute atomic E-state index is 5.48. The molecule has 0 aliphatic carbocycles. The summed E-state index contributed by atoms with van der Waals surface area (Å²) in [6.45, 7) is 19.5. The van der Waals surface area contributed by atoms with Gasteiger partial charge in [-0.25, -0.2) is 0 Å². The number of aryl methyl sites for hydroxylation is 1. The molecule has 25 heavy (non-hydrogen) atoms. The topological polar surface area (TPSA) is 28.1 Å². The van der Waals surface area contributed by atoms with Crippen molar-refractivity contribution >= 4 is 17.0 Å². The van der Waals surface area contributed by atoms with Crippen molar-refractivity contribution in [2.75, 3.05) is 57.9 Å². The van der Waals surface area contributed by atoms with Crippen LogP contribution >= 0.6 is 0 Å². The minimum Gasteiger partial charge on any atom is -0.380 e. The molecular formula is C21H33N3O. The Balaban J connectivity index is 2.16. The van der Waals surface area contributed by atoms with E-state index in [1.807, 2.05) is 7.05 Å². The van der Waals surface area contributed by atoms with Gasteiger partial charge in [0.1, 0.15) is 0 Å². The Kier molecular flexibility index (Phi) is 7.21. The highest BCUT2D eigenvalue weighted by Crippen LogP contribution is 2.29. The van der Waals surface area contributed by atoms with Gasteiger partial charge < -0.3 is 9.64 Å². The zero-order valence-corrected chi connectivity index (χ0v) is 16.6. The number of nitrogens with zero attached hydrogens (tertiary/aromatic N) is 3. The molecule has 0 amide bonds. The van der Waals surface area contributed by atoms with Crippen LogP contribution in [0, 0.1) is 6.92 Å². The van der Waals surface area contributed by atoms with Gasteiger partial charge in [0.2, 0.25) is 0 Å². The van der Waals surface area contributed by atoms with E-state index in [-0.39, 0.29) is 0 Å². The molecule has 0 aromatic heterocycles. The fourth-order valence-corrected chi connectivity index (χ4v) is 3.36. The first-order chi connectivity index (χ1) is 12.0. The van der Waals surface area contributed by atoms with Crippen LogP contribution < -0.4 is 4.90 Å². The van der Waals surface area contributed by atoms with E-state index < -0.39 is 0 Å². The molecule has 1 fully saturated rings. The average molecular weight is 344 g/mol. The number of aliphatic imine (C=N–C) groups is 1. The van der Waals surface area contributed by atoms with Crippen LogP contribution in [0.25, 0.3) is 5.57 Å². The van der Waals surface area contributed by atoms with Crippen molar-refractivity contribution in [3.05, 3.63) is 35.4 Å². The third-order valence-electron chi connectivity index (χ3n) is 4.99. The lowest BCUT2D eigenvalue weighted by molar-refractivity contribution is 0.111. The molecule has 0 N–H and O–H groups in total. The number of anilines is 1. The second-order valence-corrected chi connectivity index (χ2v) is 6.80. The average Bonchev–Trinajstić information content (AvgIpc) is 2.61. The fraction of sp³-hybridized carbons (Fsp3) is 0.571. The lowest BCUT2D eigenvalue weighted by Crippen LogP contribution is -2.47. The number of rotatable bonds is 7. The molecule has 1 saturated heterocycles. The second-order valence-electron chi connectivity index (χ2n) is 6.80. The van der Waals surface area contributed by atoms with E-state index in [0.717, 1.165) is 57.2 Å². The zero-order chi connectivity index (χ0) is 18.4. The van der Waals surface area contributed by atoms with Gasteiger partial charge in [0.05, 0.1) is 6.61 Å². The van der Waals surface area contributed by atoms with Gasteiger partial charge in [-0.05, 0) is 51.0 Å². The minimum absolute atomic E-state index is 0.801. The highest BCUT2D eigenvalue weighted by atomic mass is 16.5. The lowest BCUT2D eigenvalue weighted by atomic mass is 9.94. The van der Waals surface area contributed by atoms with E-state index in [2.05, 4.69) is 61.2 Å². The summed E-state index contributed by atoms with van der Waals surface area (Å²) in [4.78, 5) is 9.40. The van der Waals surface area contributed by atoms with Gasteiger partial charge in [-0.2, -0.15) is 0 Å². The van der Waals surface area contributed by atoms with E-state index in [4.69, 9.17) is 4.74 Å². The van der Waals surface area contributed by atoms with Gasteiger partial charge in [-0.3, -0.25) is 9.89 Å². The summed E-state index contributed by atoms with van der Waals surface area (Å²) in [7, 11) is 1.86. The number of ether oxygens (including phenoxy) is 1. The van der Waals surface area contributed by atoms with Crippen LogP contribution in [-0.4, -0.2) is 63.6 Å². The van der Waals surface area contributed by atoms with Gasteiger partial charge >= 0.3 is 0 Å². The predicted molar refractivity (Wildman–Crippen MR) is 109 cm³/mol. The van der Waals surface area contributed by atoms with Crippen LogP contribution in [0.15, 0.2) is 23.7 Å². The van der Waals surface area contributed by atoms with Gasteiger partial charge in [0, 0.05) is 63.3 Å². The lowest BCUT2D eigenvalue weighted by Gasteiger charge is -2.37. The molecule has 1 aliphatic heterocycles. The molecule has 2 rings (SSSR count). The third-order valence-corrected chi connectivity index (χ3v) is 4.99. The second kappa shape index (κ2) is 9.16. The molecule has 0 radical (unpaired) electrons. The van der Waals surface area contributed by atoms with E-state index in [9.17, 15) is 0 Å². The molecule has 4 heteroatoms. The molecule has 0 bridgehead atoms. The van der Waals surface area contributed by atoms with Crippen molar-refractivity contribution in [3.63, 3.8) is 0 Å². The Morgan fingerprint density at radius 1 is 1.16 bits per heavy atom. The summed E-state index contributed by atoms with van der Waals surface area (Å²) >= 11 is 0. The first-order valence-electron chi connectivity index (χ1n) is 9.27. The van der Waals surface area contributed by atoms with Crippen LogP contribution in [0.5, 0.6) is 0 Å². The predicted octanol–water partition coefficient (Wildman–Crippen LogP) is 3.63. The van der Waals surface area contributed by atoms with Crippen molar-refractivity contribution in [1.82, 2.24) is 4.90 Å². The summed E-state index contributed by atoms with van der Waals surface area (Å²) in [6.07, 6.45) is 0. The molecule has 1 heterocycles. The van der Waals surface area contributed by atoms with Crippen molar-refractivity contribution in [2.45, 2.75) is 27.7 Å². The van der Waals surface area contributed by atoms with E-state index in [1.165, 1.54) is 22.4 Å². The minimum atomic E-state index is 0.801. The van der Waals surface area contributed by atoms with Gasteiger partial charge in [-0.15, -0.1) is 0 Å². The molecular weight excluding hydrogens is 310 g/mol. The smallest absolute Gasteiger partial charge is 0.0593 e. The Morgan fingerprint density at radius 2 is 1.84 bits per heavy atom. The molecule has 1 aromatic rings. The fourth-order valence-electron chi connectivity index (χ4n) is 3.36. The van der Waals surface area contributed by atoms with Gasteiger partial charge in [-0.1, -0.05) is 12.2 Å². The maximum atomic E-state index is 5.48. The number of piperazine rings is 1. The standard InChI is InChI=1S/C21H33N3O/c1-7-25-13-12-23-8-10-24(11-9-23)21-15-20(18(5)22-6)19(16(2)3)14-17(21)4/h14-15H,2,7-13H2,1,3-6H3. The summed E-state index contributed by atoms with van der Waals surface area (Å²) in [5, 5.41) is 0. The number of hydrogen-bond donors (Lipinski definition) is 0. The van der Waals surface area contributed by atoms with Crippen LogP contribution in [0.3, 0.4) is 0 Å². The SMILES string of the molecule is C=C(C)c1cc(C)c(N2CCN(CCOCC)CC2)cc1C(C)=NC. The molecule has 0 unspecified atom stereocenters. The highest BCUT2D eigenvalue weighted by Gasteiger charge is 2.20. The Hall–Kier alpha value is -1.65. The monoisotopic (exact) mass is 343 g/mol. The summed E-state index contributed by atoms with van der Waals surface area (Å²) < 4.78 is 5.48. The van der Waals surface area contributed by atoms with Gasteiger partial charge in [0.25, 0.3) is 0 Å². The van der Waals surface area contributed by atoms with Crippen molar-refractivity contribution < 1.29 is 4.74 Å². The summed E-state index contributed by atoms with van der Waals surface area (Å²) in [6, 6.07) is 4.57. The van der Waals surface area contributed by atoms with Gasteiger partial charge in [0.15, 0.2) is 0 Å². The summed E-state index contributed by atoms with van der Waals surface area (Å²) in [5.41, 5.74) is 7.21. The number of benzene rings is 1. The van der Waals surface area contributed by atoms with Crippen LogP contribution in [0.4, 0.5) is 5.69 Å². The van der Waals surface area contributed by atoms with Crippen molar-refractivity contribution in [3.8, 4) is 0 Å². The van der Waals surface area contributed by atoms with Crippen LogP contribution in [0.2, 0.25) is 0 Å². The zero-order valence-electron chi connectivity index (χ0n) is 16.6. The highest BCUT2D eigenvalue weighted by molar-refractivity contribution is 6.03. The van der Waals surface area contributed by atoms with Crippen molar-refractivity contribution in [1.29, 1.82) is 0 Å². The molecule has 0 spiro atoms. The van der Waals surface area contributed by atoms with E-state index in [0.29, 0.717) is 0 Å². The molecule has 0 atom stereocenters. The van der Waals surface area contributed by atoms with Crippen LogP contribution in [0.1, 0.15) is 37.5 Å². The summed E-state index contributed by atoms with van der Waals surface area (Å²) in [5.74, 6) is 0. The molecule has 138 valence electrons. The quantitative estimate of drug-likeness (QED) is 0.559. The van der Waals surface area contributed by atoms with E-state index >= 15 is 0 Å². The molecule has 1 aromatic carbocycles. The third kappa shape index (κ3) is 4.93. The Labute approximate surface area is 153 Å². The van der Waals surface area contributed by atoms with Crippen molar-refractivity contribution in [2.24, 2.45) is 4.99 Å². The maximum Gasteiger partial charge on any atom is 0.0593 e. The largest absolute Gasteiger partial charge is 0.380 e. The number of allylic oxidation sites excluding steroid dienone is 1. The number of hydrogen-bond acceptors (Lipinski definition) is 4. The normalized spacial score (nSPS) is 16.4. The van der Waals surface area contributed by atoms with Crippen LogP contribution in [-0.2, 0) is 4.74 Å². The first kappa shape index (κ1) is 19.7. The molecule has 1 aliphatic rings. The first-order valence-corrected chi connectivity index (χ1v) is 9.27. The Bertz CT molecular complexity index is 628.